The summed E-state index contributed by atoms with van der Waals surface area (Å²) in [6.07, 6.45) is 0.891. The summed E-state index contributed by atoms with van der Waals surface area (Å²) in [4.78, 5) is 7.84. The summed E-state index contributed by atoms with van der Waals surface area (Å²) < 4.78 is -0.490. The van der Waals surface area contributed by atoms with Crippen LogP contribution in [0.2, 0.25) is 0 Å². The zero-order valence-electron chi connectivity index (χ0n) is 9.34. The van der Waals surface area contributed by atoms with E-state index in [-0.39, 0.29) is 0 Å². The fourth-order valence-electron chi connectivity index (χ4n) is 1.80. The van der Waals surface area contributed by atoms with Gasteiger partial charge in [-0.3, -0.25) is 0 Å². The number of hydrogen-bond donors (Lipinski definition) is 1. The van der Waals surface area contributed by atoms with E-state index >= 15 is 0 Å². The van der Waals surface area contributed by atoms with Crippen molar-refractivity contribution in [2.24, 2.45) is 5.92 Å². The van der Waals surface area contributed by atoms with Gasteiger partial charge in [-0.25, -0.2) is 4.98 Å². The summed E-state index contributed by atoms with van der Waals surface area (Å²) in [5, 5.41) is 0.946. The zero-order chi connectivity index (χ0) is 12.0. The number of thioether (sulfide) groups is 1. The molecule has 0 bridgehead atoms. The third-order valence-corrected chi connectivity index (χ3v) is 4.95. The fraction of sp³-hybridized carbons (Fsp3) is 0.417. The van der Waals surface area contributed by atoms with Crippen molar-refractivity contribution < 1.29 is 0 Å². The van der Waals surface area contributed by atoms with Crippen LogP contribution in [0.3, 0.4) is 0 Å². The van der Waals surface area contributed by atoms with E-state index in [9.17, 15) is 0 Å². The number of aromatic amines is 1. The lowest BCUT2D eigenvalue weighted by atomic mass is 10.2. The number of imidazole rings is 1. The molecular formula is C12H12Cl2N2S. The average Bonchev–Trinajstić information content (AvgIpc) is 2.71. The third kappa shape index (κ3) is 2.42. The molecule has 1 atom stereocenters. The molecule has 1 aliphatic carbocycles. The van der Waals surface area contributed by atoms with Crippen LogP contribution in [0.5, 0.6) is 0 Å². The van der Waals surface area contributed by atoms with Crippen LogP contribution < -0.4 is 0 Å². The summed E-state index contributed by atoms with van der Waals surface area (Å²) >= 11 is 13.7. The van der Waals surface area contributed by atoms with Crippen molar-refractivity contribution in [3.8, 4) is 0 Å². The second-order valence-corrected chi connectivity index (χ2v) is 7.09. The highest BCUT2D eigenvalue weighted by atomic mass is 35.5. The molecule has 0 amide bonds. The number of alkyl halides is 2. The van der Waals surface area contributed by atoms with Crippen LogP contribution >= 0.6 is 35.0 Å². The van der Waals surface area contributed by atoms with E-state index in [1.165, 1.54) is 5.56 Å². The Morgan fingerprint density at radius 1 is 1.53 bits per heavy atom. The quantitative estimate of drug-likeness (QED) is 0.678. The number of aromatic nitrogens is 2. The summed E-state index contributed by atoms with van der Waals surface area (Å²) in [6.45, 7) is 2.08. The van der Waals surface area contributed by atoms with E-state index in [0.717, 1.165) is 28.4 Å². The van der Waals surface area contributed by atoms with Crippen LogP contribution in [-0.2, 0) is 0 Å². The van der Waals surface area contributed by atoms with Gasteiger partial charge in [-0.05, 0) is 31.0 Å². The molecule has 90 valence electrons. The number of benzene rings is 1. The molecule has 0 saturated heterocycles. The Labute approximate surface area is 114 Å². The number of nitrogens with one attached hydrogen (secondary N) is 1. The molecule has 1 heterocycles. The van der Waals surface area contributed by atoms with Crippen LogP contribution in [-0.4, -0.2) is 20.1 Å². The zero-order valence-corrected chi connectivity index (χ0v) is 11.7. The molecule has 2 aromatic rings. The molecule has 1 aromatic heterocycles. The van der Waals surface area contributed by atoms with Crippen LogP contribution in [0.1, 0.15) is 12.0 Å². The number of nitrogens with zero attached hydrogens (tertiary/aromatic N) is 1. The van der Waals surface area contributed by atoms with Gasteiger partial charge in [0, 0.05) is 11.7 Å². The van der Waals surface area contributed by atoms with E-state index in [1.807, 2.05) is 6.07 Å². The van der Waals surface area contributed by atoms with Gasteiger partial charge in [0.1, 0.15) is 4.33 Å². The largest absolute Gasteiger partial charge is 0.333 e. The Bertz CT molecular complexity index is 565. The maximum absolute atomic E-state index is 5.99. The standard InChI is InChI=1S/C12H12Cl2N2S/c1-7-2-3-9-10(4-7)16-11(15-9)17-6-8-5-12(8,13)14/h2-4,8H,5-6H2,1H3,(H,15,16). The first kappa shape index (κ1) is 11.7. The van der Waals surface area contributed by atoms with Crippen molar-refractivity contribution >= 4 is 46.0 Å². The second-order valence-electron chi connectivity index (χ2n) is 4.54. The molecule has 17 heavy (non-hydrogen) atoms. The highest BCUT2D eigenvalue weighted by molar-refractivity contribution is 7.99. The number of aryl methyl sites for hydroxylation is 1. The molecule has 3 rings (SSSR count). The predicted octanol–water partition coefficient (Wildman–Crippen LogP) is 4.16. The van der Waals surface area contributed by atoms with Gasteiger partial charge in [-0.15, -0.1) is 23.2 Å². The van der Waals surface area contributed by atoms with Gasteiger partial charge >= 0.3 is 0 Å². The third-order valence-electron chi connectivity index (χ3n) is 2.99. The van der Waals surface area contributed by atoms with Crippen LogP contribution in [0, 0.1) is 12.8 Å². The van der Waals surface area contributed by atoms with Gasteiger partial charge in [0.05, 0.1) is 11.0 Å². The lowest BCUT2D eigenvalue weighted by Crippen LogP contribution is -1.93. The van der Waals surface area contributed by atoms with Crippen molar-refractivity contribution in [2.75, 3.05) is 5.75 Å². The van der Waals surface area contributed by atoms with Gasteiger partial charge in [-0.2, -0.15) is 0 Å². The lowest BCUT2D eigenvalue weighted by Gasteiger charge is -1.97. The molecule has 5 heteroatoms. The maximum atomic E-state index is 5.99. The summed E-state index contributed by atoms with van der Waals surface area (Å²) in [5.74, 6) is 1.32. The van der Waals surface area contributed by atoms with Gasteiger partial charge in [0.2, 0.25) is 0 Å². The predicted molar refractivity (Wildman–Crippen MR) is 74.1 cm³/mol. The van der Waals surface area contributed by atoms with E-state index in [0.29, 0.717) is 5.92 Å². The molecule has 1 fully saturated rings. The van der Waals surface area contributed by atoms with E-state index in [4.69, 9.17) is 23.2 Å². The molecule has 1 aliphatic rings. The fourth-order valence-corrected chi connectivity index (χ4v) is 3.61. The minimum absolute atomic E-state index is 0.394. The molecule has 1 N–H and O–H groups in total. The second kappa shape index (κ2) is 4.08. The summed E-state index contributed by atoms with van der Waals surface area (Å²) in [6, 6.07) is 6.22. The van der Waals surface area contributed by atoms with Crippen molar-refractivity contribution in [2.45, 2.75) is 22.8 Å². The minimum atomic E-state index is -0.490. The van der Waals surface area contributed by atoms with Crippen molar-refractivity contribution in [3.05, 3.63) is 23.8 Å². The average molecular weight is 287 g/mol. The highest BCUT2D eigenvalue weighted by Crippen LogP contribution is 2.54. The van der Waals surface area contributed by atoms with Crippen LogP contribution in [0.25, 0.3) is 11.0 Å². The topological polar surface area (TPSA) is 28.7 Å². The van der Waals surface area contributed by atoms with E-state index in [2.05, 4.69) is 29.0 Å². The number of fused-ring (bicyclic) bond motifs is 1. The lowest BCUT2D eigenvalue weighted by molar-refractivity contribution is 0.968. The van der Waals surface area contributed by atoms with Gasteiger partial charge < -0.3 is 4.98 Å². The van der Waals surface area contributed by atoms with Crippen molar-refractivity contribution in [1.82, 2.24) is 9.97 Å². The Kier molecular flexibility index (Phi) is 2.80. The molecule has 1 aromatic carbocycles. The Hall–Kier alpha value is -0.380. The first-order valence-electron chi connectivity index (χ1n) is 5.51. The number of hydrogen-bond acceptors (Lipinski definition) is 2. The van der Waals surface area contributed by atoms with E-state index in [1.54, 1.807) is 11.8 Å². The Balaban J connectivity index is 1.73. The van der Waals surface area contributed by atoms with Gasteiger partial charge in [0.15, 0.2) is 5.16 Å². The maximum Gasteiger partial charge on any atom is 0.166 e. The SMILES string of the molecule is Cc1ccc2nc(SCC3CC3(Cl)Cl)[nH]c2c1. The normalized spacial score (nSPS) is 21.9. The molecular weight excluding hydrogens is 275 g/mol. The molecule has 1 saturated carbocycles. The number of rotatable bonds is 3. The monoisotopic (exact) mass is 286 g/mol. The molecule has 0 spiro atoms. The Morgan fingerprint density at radius 2 is 2.29 bits per heavy atom. The minimum Gasteiger partial charge on any atom is -0.333 e. The summed E-state index contributed by atoms with van der Waals surface area (Å²) in [5.41, 5.74) is 3.34. The van der Waals surface area contributed by atoms with Crippen LogP contribution in [0.15, 0.2) is 23.4 Å². The highest BCUT2D eigenvalue weighted by Gasteiger charge is 2.51. The van der Waals surface area contributed by atoms with Crippen LogP contribution in [0.4, 0.5) is 0 Å². The number of H-pyrrole nitrogens is 1. The summed E-state index contributed by atoms with van der Waals surface area (Å²) in [7, 11) is 0. The smallest absolute Gasteiger partial charge is 0.166 e. The van der Waals surface area contributed by atoms with Crippen molar-refractivity contribution in [1.29, 1.82) is 0 Å². The Morgan fingerprint density at radius 3 is 3.00 bits per heavy atom. The molecule has 2 nitrogen and oxygen atoms in total. The molecule has 0 radical (unpaired) electrons. The number of halogens is 2. The first-order chi connectivity index (χ1) is 8.04. The van der Waals surface area contributed by atoms with Gasteiger partial charge in [-0.1, -0.05) is 17.8 Å². The molecule has 0 aliphatic heterocycles. The first-order valence-corrected chi connectivity index (χ1v) is 7.26. The van der Waals surface area contributed by atoms with Crippen molar-refractivity contribution in [3.63, 3.8) is 0 Å². The molecule has 1 unspecified atom stereocenters. The van der Waals surface area contributed by atoms with Gasteiger partial charge in [0.25, 0.3) is 0 Å². The van der Waals surface area contributed by atoms with E-state index < -0.39 is 4.33 Å².